The van der Waals surface area contributed by atoms with Crippen LogP contribution in [0.1, 0.15) is 26.4 Å². The summed E-state index contributed by atoms with van der Waals surface area (Å²) in [6, 6.07) is 17.1. The zero-order chi connectivity index (χ0) is 22.7. The molecule has 1 aliphatic rings. The summed E-state index contributed by atoms with van der Waals surface area (Å²) < 4.78 is 33.9. The Morgan fingerprint density at radius 2 is 1.81 bits per heavy atom. The number of likely N-dealkylation sites (N-methyl/N-ethyl adjacent to an activating group) is 1. The van der Waals surface area contributed by atoms with Crippen molar-refractivity contribution in [3.8, 4) is 5.75 Å². The second kappa shape index (κ2) is 9.44. The van der Waals surface area contributed by atoms with Gasteiger partial charge in [-0.15, -0.1) is 11.3 Å². The summed E-state index contributed by atoms with van der Waals surface area (Å²) in [5.74, 6) is 0.421. The molecule has 0 unspecified atom stereocenters. The van der Waals surface area contributed by atoms with Crippen LogP contribution < -0.4 is 4.74 Å². The fraction of sp³-hybridized carbons (Fsp3) is 0.292. The molecule has 168 valence electrons. The second-order valence-corrected chi connectivity index (χ2v) is 10.7. The lowest BCUT2D eigenvalue weighted by molar-refractivity contribution is 0.0775. The van der Waals surface area contributed by atoms with Gasteiger partial charge in [-0.05, 0) is 48.1 Å². The number of fused-ring (bicyclic) bond motifs is 1. The third kappa shape index (κ3) is 4.72. The quantitative estimate of drug-likeness (QED) is 0.524. The average molecular weight is 471 g/mol. The maximum Gasteiger partial charge on any atom is 0.265 e. The fourth-order valence-electron chi connectivity index (χ4n) is 3.68. The van der Waals surface area contributed by atoms with Crippen LogP contribution in [0.5, 0.6) is 5.75 Å². The molecule has 2 heterocycles. The van der Waals surface area contributed by atoms with Gasteiger partial charge in [0.15, 0.2) is 0 Å². The van der Waals surface area contributed by atoms with Gasteiger partial charge in [-0.1, -0.05) is 42.0 Å². The summed E-state index contributed by atoms with van der Waals surface area (Å²) in [6.07, 6.45) is 0.666. The number of hydrogen-bond donors (Lipinski definition) is 0. The first-order chi connectivity index (χ1) is 15.4. The molecule has 0 radical (unpaired) electrons. The molecule has 6 nitrogen and oxygen atoms in total. The second-order valence-electron chi connectivity index (χ2n) is 7.86. The molecule has 0 spiro atoms. The lowest BCUT2D eigenvalue weighted by Crippen LogP contribution is -2.37. The Morgan fingerprint density at radius 1 is 1.09 bits per heavy atom. The molecule has 0 aliphatic carbocycles. The van der Waals surface area contributed by atoms with Gasteiger partial charge in [0.2, 0.25) is 10.0 Å². The minimum atomic E-state index is -3.77. The third-order valence-electron chi connectivity index (χ3n) is 5.60. The standard InChI is InChI=1S/C24H26N2O4S2/c1-18-7-9-21(10-8-18)30-15-14-25(2)24(27)23-22(12-16-31-23)32(28,29)26-13-11-19-5-3-4-6-20(19)17-26/h3-10,12,16H,11,13-15,17H2,1-2H3. The highest BCUT2D eigenvalue weighted by atomic mass is 32.2. The Kier molecular flexibility index (Phi) is 6.64. The number of hydrogen-bond acceptors (Lipinski definition) is 5. The zero-order valence-electron chi connectivity index (χ0n) is 18.2. The molecule has 4 rings (SSSR count). The van der Waals surface area contributed by atoms with Crippen LogP contribution in [0.2, 0.25) is 0 Å². The molecule has 1 aliphatic heterocycles. The van der Waals surface area contributed by atoms with Crippen molar-refractivity contribution >= 4 is 27.3 Å². The molecule has 0 N–H and O–H groups in total. The topological polar surface area (TPSA) is 66.9 Å². The predicted octanol–water partition coefficient (Wildman–Crippen LogP) is 3.95. The maximum absolute atomic E-state index is 13.4. The van der Waals surface area contributed by atoms with Crippen LogP contribution >= 0.6 is 11.3 Å². The Bertz CT molecular complexity index is 1200. The first kappa shape index (κ1) is 22.5. The molecule has 3 aromatic rings. The minimum Gasteiger partial charge on any atom is -0.492 e. The number of thiophene rings is 1. The van der Waals surface area contributed by atoms with Crippen LogP contribution in [-0.4, -0.2) is 50.3 Å². The van der Waals surface area contributed by atoms with Crippen LogP contribution in [0.15, 0.2) is 64.9 Å². The summed E-state index contributed by atoms with van der Waals surface area (Å²) in [5.41, 5.74) is 3.33. The van der Waals surface area contributed by atoms with Crippen molar-refractivity contribution in [2.24, 2.45) is 0 Å². The van der Waals surface area contributed by atoms with E-state index in [0.717, 1.165) is 28.2 Å². The van der Waals surface area contributed by atoms with Gasteiger partial charge >= 0.3 is 0 Å². The molecule has 8 heteroatoms. The molecular weight excluding hydrogens is 444 g/mol. The van der Waals surface area contributed by atoms with Crippen molar-refractivity contribution in [2.75, 3.05) is 26.7 Å². The highest BCUT2D eigenvalue weighted by Crippen LogP contribution is 2.30. The van der Waals surface area contributed by atoms with Crippen LogP contribution in [0.3, 0.4) is 0 Å². The first-order valence-electron chi connectivity index (χ1n) is 10.5. The Morgan fingerprint density at radius 3 is 2.56 bits per heavy atom. The number of ether oxygens (including phenoxy) is 1. The summed E-state index contributed by atoms with van der Waals surface area (Å²) in [5, 5.41) is 1.66. The minimum absolute atomic E-state index is 0.0817. The molecule has 32 heavy (non-hydrogen) atoms. The average Bonchev–Trinajstić information content (AvgIpc) is 3.30. The molecule has 0 bridgehead atoms. The number of aryl methyl sites for hydroxylation is 1. The number of rotatable bonds is 7. The summed E-state index contributed by atoms with van der Waals surface area (Å²) in [7, 11) is -2.11. The van der Waals surface area contributed by atoms with Gasteiger partial charge in [-0.3, -0.25) is 4.79 Å². The van der Waals surface area contributed by atoms with E-state index < -0.39 is 10.0 Å². The van der Waals surface area contributed by atoms with Crippen LogP contribution in [0, 0.1) is 6.92 Å². The number of carbonyl (C=O) groups is 1. The van der Waals surface area contributed by atoms with E-state index in [1.807, 2.05) is 55.5 Å². The zero-order valence-corrected chi connectivity index (χ0v) is 19.8. The van der Waals surface area contributed by atoms with Crippen LogP contribution in [0.25, 0.3) is 0 Å². The highest BCUT2D eigenvalue weighted by Gasteiger charge is 2.33. The molecule has 1 aromatic heterocycles. The van der Waals surface area contributed by atoms with Crippen molar-refractivity contribution in [1.29, 1.82) is 0 Å². The monoisotopic (exact) mass is 470 g/mol. The van der Waals surface area contributed by atoms with E-state index in [2.05, 4.69) is 0 Å². The normalized spacial score (nSPS) is 14.1. The number of carbonyl (C=O) groups excluding carboxylic acids is 1. The van der Waals surface area contributed by atoms with Crippen molar-refractivity contribution in [1.82, 2.24) is 9.21 Å². The lowest BCUT2D eigenvalue weighted by atomic mass is 10.0. The van der Waals surface area contributed by atoms with Crippen molar-refractivity contribution in [3.63, 3.8) is 0 Å². The van der Waals surface area contributed by atoms with Gasteiger partial charge in [0.25, 0.3) is 5.91 Å². The highest BCUT2D eigenvalue weighted by molar-refractivity contribution is 7.89. The summed E-state index contributed by atoms with van der Waals surface area (Å²) in [6.45, 7) is 3.40. The summed E-state index contributed by atoms with van der Waals surface area (Å²) in [4.78, 5) is 14.9. The largest absolute Gasteiger partial charge is 0.492 e. The van der Waals surface area contributed by atoms with Gasteiger partial charge in [0.1, 0.15) is 22.1 Å². The van der Waals surface area contributed by atoms with E-state index in [9.17, 15) is 13.2 Å². The van der Waals surface area contributed by atoms with E-state index in [1.54, 1.807) is 12.4 Å². The van der Waals surface area contributed by atoms with Crippen LogP contribution in [-0.2, 0) is 23.0 Å². The number of nitrogens with zero attached hydrogens (tertiary/aromatic N) is 2. The van der Waals surface area contributed by atoms with Crippen molar-refractivity contribution in [3.05, 3.63) is 81.5 Å². The maximum atomic E-state index is 13.4. The fourth-order valence-corrected chi connectivity index (χ4v) is 6.49. The number of benzene rings is 2. The molecule has 1 amide bonds. The molecule has 0 saturated carbocycles. The Labute approximate surface area is 193 Å². The van der Waals surface area contributed by atoms with Gasteiger partial charge < -0.3 is 9.64 Å². The molecular formula is C24H26N2O4S2. The van der Waals surface area contributed by atoms with Gasteiger partial charge in [0.05, 0.1) is 6.54 Å². The van der Waals surface area contributed by atoms with Gasteiger partial charge in [-0.25, -0.2) is 8.42 Å². The number of amides is 1. The Hall–Kier alpha value is -2.68. The SMILES string of the molecule is Cc1ccc(OCCN(C)C(=O)c2sccc2S(=O)(=O)N2CCc3ccccc3C2)cc1. The van der Waals surface area contributed by atoms with E-state index in [-0.39, 0.29) is 15.7 Å². The third-order valence-corrected chi connectivity index (χ3v) is 8.52. The number of sulfonamides is 1. The van der Waals surface area contributed by atoms with Crippen LogP contribution in [0.4, 0.5) is 0 Å². The first-order valence-corrected chi connectivity index (χ1v) is 12.8. The van der Waals surface area contributed by atoms with Crippen molar-refractivity contribution in [2.45, 2.75) is 24.8 Å². The van der Waals surface area contributed by atoms with E-state index >= 15 is 0 Å². The molecule has 0 fully saturated rings. The van der Waals surface area contributed by atoms with E-state index in [1.165, 1.54) is 20.8 Å². The summed E-state index contributed by atoms with van der Waals surface area (Å²) >= 11 is 1.16. The molecule has 0 atom stereocenters. The lowest BCUT2D eigenvalue weighted by Gasteiger charge is -2.28. The van der Waals surface area contributed by atoms with E-state index in [4.69, 9.17) is 4.74 Å². The Balaban J connectivity index is 1.44. The van der Waals surface area contributed by atoms with E-state index in [0.29, 0.717) is 32.7 Å². The van der Waals surface area contributed by atoms with Gasteiger partial charge in [0, 0.05) is 20.1 Å². The predicted molar refractivity (Wildman–Crippen MR) is 126 cm³/mol. The molecule has 0 saturated heterocycles. The van der Waals surface area contributed by atoms with Gasteiger partial charge in [-0.2, -0.15) is 4.31 Å². The smallest absolute Gasteiger partial charge is 0.265 e. The molecule has 2 aromatic carbocycles. The van der Waals surface area contributed by atoms with Crippen molar-refractivity contribution < 1.29 is 17.9 Å².